The highest BCUT2D eigenvalue weighted by atomic mass is 15.2. The van der Waals surface area contributed by atoms with Crippen molar-refractivity contribution in [3.05, 3.63) is 12.2 Å². The van der Waals surface area contributed by atoms with Crippen molar-refractivity contribution < 1.29 is 0 Å². The van der Waals surface area contributed by atoms with Crippen molar-refractivity contribution in [1.82, 2.24) is 10.2 Å². The molecule has 0 saturated heterocycles. The van der Waals surface area contributed by atoms with E-state index in [-0.39, 0.29) is 0 Å². The Hall–Kier alpha value is -0.340. The molecule has 0 spiro atoms. The molecule has 0 saturated carbocycles. The summed E-state index contributed by atoms with van der Waals surface area (Å²) in [5.74, 6) is 0. The minimum Gasteiger partial charge on any atom is -0.315 e. The van der Waals surface area contributed by atoms with E-state index in [0.717, 1.165) is 19.6 Å². The van der Waals surface area contributed by atoms with Crippen LogP contribution in [0.15, 0.2) is 12.2 Å². The monoisotopic (exact) mass is 182 g/mol. The van der Waals surface area contributed by atoms with E-state index in [2.05, 4.69) is 36.2 Å². The Morgan fingerprint density at radius 1 is 1.46 bits per heavy atom. The Kier molecular flexibility index (Phi) is 5.09. The van der Waals surface area contributed by atoms with Crippen LogP contribution in [0.25, 0.3) is 0 Å². The maximum Gasteiger partial charge on any atom is 0.0195 e. The molecule has 0 aromatic heterocycles. The number of nitrogens with zero attached hydrogens (tertiary/aromatic N) is 1. The molecule has 0 radical (unpaired) electrons. The maximum absolute atomic E-state index is 3.47. The van der Waals surface area contributed by atoms with Crippen LogP contribution >= 0.6 is 0 Å². The summed E-state index contributed by atoms with van der Waals surface area (Å²) in [4.78, 5) is 2.53. The third-order valence-electron chi connectivity index (χ3n) is 2.58. The van der Waals surface area contributed by atoms with Gasteiger partial charge in [-0.2, -0.15) is 0 Å². The number of hydrogen-bond donors (Lipinski definition) is 1. The lowest BCUT2D eigenvalue weighted by molar-refractivity contribution is 0.223. The van der Waals surface area contributed by atoms with Crippen LogP contribution < -0.4 is 5.32 Å². The van der Waals surface area contributed by atoms with Crippen LogP contribution in [0.4, 0.5) is 0 Å². The molecule has 1 rings (SSSR count). The molecule has 1 heterocycles. The standard InChI is InChI=1S/C11H22N2/c1-3-7-12-10-11(2)13-8-5-4-6-9-13/h4-5,11-12H,3,6-10H2,1-2H3. The van der Waals surface area contributed by atoms with Gasteiger partial charge in [-0.25, -0.2) is 0 Å². The minimum absolute atomic E-state index is 0.677. The fourth-order valence-electron chi connectivity index (χ4n) is 1.68. The molecule has 1 unspecified atom stereocenters. The van der Waals surface area contributed by atoms with Gasteiger partial charge in [0.15, 0.2) is 0 Å². The zero-order chi connectivity index (χ0) is 9.52. The first kappa shape index (κ1) is 10.7. The summed E-state index contributed by atoms with van der Waals surface area (Å²) in [5, 5.41) is 3.47. The first-order valence-electron chi connectivity index (χ1n) is 5.44. The molecule has 0 aliphatic carbocycles. The predicted octanol–water partition coefficient (Wildman–Crippen LogP) is 1.64. The van der Waals surface area contributed by atoms with Crippen molar-refractivity contribution in [1.29, 1.82) is 0 Å². The van der Waals surface area contributed by atoms with Gasteiger partial charge in [0.1, 0.15) is 0 Å². The molecule has 0 fully saturated rings. The van der Waals surface area contributed by atoms with E-state index < -0.39 is 0 Å². The third kappa shape index (κ3) is 3.92. The Morgan fingerprint density at radius 2 is 2.31 bits per heavy atom. The van der Waals surface area contributed by atoms with Crippen molar-refractivity contribution in [2.45, 2.75) is 32.7 Å². The predicted molar refractivity (Wildman–Crippen MR) is 58.0 cm³/mol. The SMILES string of the molecule is CCCNCC(C)N1CC=CCC1. The van der Waals surface area contributed by atoms with E-state index in [1.165, 1.54) is 19.4 Å². The van der Waals surface area contributed by atoms with Gasteiger partial charge in [0.05, 0.1) is 0 Å². The lowest BCUT2D eigenvalue weighted by Gasteiger charge is -2.29. The summed E-state index contributed by atoms with van der Waals surface area (Å²) in [6.07, 6.45) is 7.01. The van der Waals surface area contributed by atoms with Crippen LogP contribution in [0.1, 0.15) is 26.7 Å². The molecule has 1 aliphatic heterocycles. The molecule has 2 nitrogen and oxygen atoms in total. The average molecular weight is 182 g/mol. The number of hydrogen-bond acceptors (Lipinski definition) is 2. The van der Waals surface area contributed by atoms with E-state index in [4.69, 9.17) is 0 Å². The van der Waals surface area contributed by atoms with Crippen molar-refractivity contribution in [2.24, 2.45) is 0 Å². The molecule has 0 aromatic rings. The van der Waals surface area contributed by atoms with Crippen molar-refractivity contribution >= 4 is 0 Å². The Bertz CT molecular complexity index is 154. The smallest absolute Gasteiger partial charge is 0.0195 e. The summed E-state index contributed by atoms with van der Waals surface area (Å²) in [5.41, 5.74) is 0. The van der Waals surface area contributed by atoms with Crippen LogP contribution in [-0.4, -0.2) is 37.1 Å². The van der Waals surface area contributed by atoms with Crippen molar-refractivity contribution in [3.63, 3.8) is 0 Å². The van der Waals surface area contributed by atoms with Crippen LogP contribution in [-0.2, 0) is 0 Å². The first-order chi connectivity index (χ1) is 6.34. The summed E-state index contributed by atoms with van der Waals surface area (Å²) < 4.78 is 0. The van der Waals surface area contributed by atoms with Gasteiger partial charge in [-0.1, -0.05) is 19.1 Å². The topological polar surface area (TPSA) is 15.3 Å². The summed E-state index contributed by atoms with van der Waals surface area (Å²) in [6, 6.07) is 0.677. The first-order valence-corrected chi connectivity index (χ1v) is 5.44. The molecular weight excluding hydrogens is 160 g/mol. The Labute approximate surface area is 82.0 Å². The Morgan fingerprint density at radius 3 is 2.92 bits per heavy atom. The zero-order valence-electron chi connectivity index (χ0n) is 8.92. The molecule has 2 heteroatoms. The molecule has 1 atom stereocenters. The second-order valence-electron chi connectivity index (χ2n) is 3.81. The van der Waals surface area contributed by atoms with Gasteiger partial charge in [0.2, 0.25) is 0 Å². The van der Waals surface area contributed by atoms with E-state index in [9.17, 15) is 0 Å². The highest BCUT2D eigenvalue weighted by Crippen LogP contribution is 2.05. The summed E-state index contributed by atoms with van der Waals surface area (Å²) in [7, 11) is 0. The molecule has 76 valence electrons. The highest BCUT2D eigenvalue weighted by molar-refractivity contribution is 4.92. The van der Waals surface area contributed by atoms with Crippen LogP contribution in [0, 0.1) is 0 Å². The highest BCUT2D eigenvalue weighted by Gasteiger charge is 2.12. The normalized spacial score (nSPS) is 20.5. The van der Waals surface area contributed by atoms with E-state index in [1.807, 2.05) is 0 Å². The van der Waals surface area contributed by atoms with Crippen LogP contribution in [0.2, 0.25) is 0 Å². The number of nitrogens with one attached hydrogen (secondary N) is 1. The van der Waals surface area contributed by atoms with Gasteiger partial charge in [-0.15, -0.1) is 0 Å². The fourth-order valence-corrected chi connectivity index (χ4v) is 1.68. The van der Waals surface area contributed by atoms with Crippen LogP contribution in [0.5, 0.6) is 0 Å². The summed E-state index contributed by atoms with van der Waals surface area (Å²) >= 11 is 0. The molecule has 1 aliphatic rings. The molecular formula is C11H22N2. The molecule has 1 N–H and O–H groups in total. The maximum atomic E-state index is 3.47. The second kappa shape index (κ2) is 6.17. The van der Waals surface area contributed by atoms with Crippen molar-refractivity contribution in [3.8, 4) is 0 Å². The number of rotatable bonds is 5. The quantitative estimate of drug-likeness (QED) is 0.513. The van der Waals surface area contributed by atoms with Gasteiger partial charge in [-0.3, -0.25) is 4.90 Å². The van der Waals surface area contributed by atoms with Gasteiger partial charge >= 0.3 is 0 Å². The lowest BCUT2D eigenvalue weighted by atomic mass is 10.2. The van der Waals surface area contributed by atoms with Crippen LogP contribution in [0.3, 0.4) is 0 Å². The third-order valence-corrected chi connectivity index (χ3v) is 2.58. The molecule has 13 heavy (non-hydrogen) atoms. The van der Waals surface area contributed by atoms with E-state index in [1.54, 1.807) is 0 Å². The van der Waals surface area contributed by atoms with Crippen molar-refractivity contribution in [2.75, 3.05) is 26.2 Å². The van der Waals surface area contributed by atoms with Gasteiger partial charge < -0.3 is 5.32 Å². The molecule has 0 bridgehead atoms. The molecule has 0 amide bonds. The Balaban J connectivity index is 2.14. The van der Waals surface area contributed by atoms with Gasteiger partial charge in [0.25, 0.3) is 0 Å². The second-order valence-corrected chi connectivity index (χ2v) is 3.81. The zero-order valence-corrected chi connectivity index (χ0v) is 8.92. The van der Waals surface area contributed by atoms with E-state index in [0.29, 0.717) is 6.04 Å². The largest absolute Gasteiger partial charge is 0.315 e. The van der Waals surface area contributed by atoms with Gasteiger partial charge in [-0.05, 0) is 26.3 Å². The summed E-state index contributed by atoms with van der Waals surface area (Å²) in [6.45, 7) is 9.15. The van der Waals surface area contributed by atoms with Gasteiger partial charge in [0, 0.05) is 25.7 Å². The minimum atomic E-state index is 0.677. The van der Waals surface area contributed by atoms with E-state index >= 15 is 0 Å². The average Bonchev–Trinajstić information content (AvgIpc) is 2.19. The lowest BCUT2D eigenvalue weighted by Crippen LogP contribution is -2.42. The molecule has 0 aromatic carbocycles. The fraction of sp³-hybridized carbons (Fsp3) is 0.818.